The topological polar surface area (TPSA) is 50.1 Å². The van der Waals surface area contributed by atoms with Crippen LogP contribution < -0.4 is 4.74 Å². The zero-order valence-corrected chi connectivity index (χ0v) is 9.72. The second-order valence-electron chi connectivity index (χ2n) is 2.87. The summed E-state index contributed by atoms with van der Waals surface area (Å²) in [6, 6.07) is 4.20. The number of Topliss-reactive ketones (excluding diaryl/α,β-unsaturated/α-hetero) is 1. The summed E-state index contributed by atoms with van der Waals surface area (Å²) >= 11 is 2.98. The van der Waals surface area contributed by atoms with Crippen LogP contribution in [0.4, 0.5) is 8.78 Å². The highest BCUT2D eigenvalue weighted by Gasteiger charge is 2.15. The summed E-state index contributed by atoms with van der Waals surface area (Å²) in [6.07, 6.45) is 0. The Kier molecular flexibility index (Phi) is 3.96. The van der Waals surface area contributed by atoms with Gasteiger partial charge in [0, 0.05) is 5.56 Å². The lowest BCUT2D eigenvalue weighted by atomic mass is 10.1. The Morgan fingerprint density at radius 2 is 2.19 bits per heavy atom. The number of carbonyl (C=O) groups excluding carboxylic acids is 1. The van der Waals surface area contributed by atoms with Gasteiger partial charge in [-0.1, -0.05) is 0 Å². The first-order valence-electron chi connectivity index (χ1n) is 4.15. The standard InChI is InChI=1S/C10H6BrF2NO2/c1-5(15)7-3-9(16-10(12)13)8(11)2-6(7)4-14/h2-3,10H,1H3. The minimum Gasteiger partial charge on any atom is -0.434 e. The van der Waals surface area contributed by atoms with Crippen LogP contribution in [-0.2, 0) is 0 Å². The van der Waals surface area contributed by atoms with E-state index in [1.165, 1.54) is 13.0 Å². The van der Waals surface area contributed by atoms with Crippen molar-refractivity contribution in [1.29, 1.82) is 5.26 Å². The first-order chi connectivity index (χ1) is 7.45. The Balaban J connectivity index is 3.29. The smallest absolute Gasteiger partial charge is 0.387 e. The lowest BCUT2D eigenvalue weighted by molar-refractivity contribution is -0.0504. The van der Waals surface area contributed by atoms with Crippen molar-refractivity contribution in [3.8, 4) is 11.8 Å². The molecule has 0 aliphatic carbocycles. The largest absolute Gasteiger partial charge is 0.434 e. The zero-order valence-electron chi connectivity index (χ0n) is 8.13. The maximum absolute atomic E-state index is 12.0. The molecular formula is C10H6BrF2NO2. The molecule has 6 heteroatoms. The van der Waals surface area contributed by atoms with Gasteiger partial charge in [-0.05, 0) is 35.0 Å². The van der Waals surface area contributed by atoms with Crippen LogP contribution in [0.2, 0.25) is 0 Å². The van der Waals surface area contributed by atoms with Gasteiger partial charge in [-0.25, -0.2) is 0 Å². The van der Waals surface area contributed by atoms with Gasteiger partial charge in [0.15, 0.2) is 5.78 Å². The molecule has 0 spiro atoms. The van der Waals surface area contributed by atoms with Gasteiger partial charge in [0.25, 0.3) is 0 Å². The molecule has 0 atom stereocenters. The zero-order chi connectivity index (χ0) is 12.3. The summed E-state index contributed by atoms with van der Waals surface area (Å²) in [4.78, 5) is 11.2. The summed E-state index contributed by atoms with van der Waals surface area (Å²) in [6.45, 7) is -1.74. The number of alkyl halides is 2. The monoisotopic (exact) mass is 289 g/mol. The lowest BCUT2D eigenvalue weighted by Crippen LogP contribution is -2.05. The van der Waals surface area contributed by atoms with Crippen LogP contribution >= 0.6 is 15.9 Å². The van der Waals surface area contributed by atoms with Gasteiger partial charge in [0.05, 0.1) is 16.1 Å². The van der Waals surface area contributed by atoms with Gasteiger partial charge in [-0.3, -0.25) is 4.79 Å². The third kappa shape index (κ3) is 2.76. The molecule has 0 aromatic heterocycles. The van der Waals surface area contributed by atoms with Crippen LogP contribution in [0, 0.1) is 11.3 Å². The number of hydrogen-bond donors (Lipinski definition) is 0. The van der Waals surface area contributed by atoms with Crippen molar-refractivity contribution in [1.82, 2.24) is 0 Å². The van der Waals surface area contributed by atoms with Crippen LogP contribution in [0.25, 0.3) is 0 Å². The number of carbonyl (C=O) groups is 1. The van der Waals surface area contributed by atoms with Crippen LogP contribution in [-0.4, -0.2) is 12.4 Å². The highest BCUT2D eigenvalue weighted by Crippen LogP contribution is 2.30. The molecule has 1 aromatic carbocycles. The van der Waals surface area contributed by atoms with E-state index in [-0.39, 0.29) is 27.1 Å². The molecule has 0 aliphatic rings. The normalized spacial score (nSPS) is 10.0. The van der Waals surface area contributed by atoms with Crippen molar-refractivity contribution in [2.75, 3.05) is 0 Å². The SMILES string of the molecule is CC(=O)c1cc(OC(F)F)c(Br)cc1C#N. The molecule has 0 unspecified atom stereocenters. The first kappa shape index (κ1) is 12.6. The van der Waals surface area contributed by atoms with E-state index in [0.717, 1.165) is 6.07 Å². The van der Waals surface area contributed by atoms with E-state index >= 15 is 0 Å². The quantitative estimate of drug-likeness (QED) is 0.804. The van der Waals surface area contributed by atoms with Gasteiger partial charge in [-0.2, -0.15) is 14.0 Å². The van der Waals surface area contributed by atoms with Gasteiger partial charge in [0.1, 0.15) is 5.75 Å². The fourth-order valence-electron chi connectivity index (χ4n) is 1.12. The molecule has 0 fully saturated rings. The molecule has 3 nitrogen and oxygen atoms in total. The second-order valence-corrected chi connectivity index (χ2v) is 3.73. The molecule has 0 N–H and O–H groups in total. The molecule has 1 rings (SSSR count). The van der Waals surface area contributed by atoms with Gasteiger partial charge >= 0.3 is 6.61 Å². The number of hydrogen-bond acceptors (Lipinski definition) is 3. The molecule has 0 heterocycles. The molecule has 0 radical (unpaired) electrons. The van der Waals surface area contributed by atoms with Crippen molar-refractivity contribution in [3.63, 3.8) is 0 Å². The molecule has 0 saturated heterocycles. The van der Waals surface area contributed by atoms with Crippen LogP contribution in [0.15, 0.2) is 16.6 Å². The number of nitriles is 1. The molecular weight excluding hydrogens is 284 g/mol. The summed E-state index contributed by atoms with van der Waals surface area (Å²) in [5, 5.41) is 8.75. The van der Waals surface area contributed by atoms with Crippen molar-refractivity contribution in [2.24, 2.45) is 0 Å². The molecule has 84 valence electrons. The number of rotatable bonds is 3. The average Bonchev–Trinajstić information content (AvgIpc) is 2.19. The van der Waals surface area contributed by atoms with Crippen molar-refractivity contribution in [2.45, 2.75) is 13.5 Å². The summed E-state index contributed by atoms with van der Waals surface area (Å²) in [5.74, 6) is -0.553. The lowest BCUT2D eigenvalue weighted by Gasteiger charge is -2.09. The Morgan fingerprint density at radius 1 is 1.56 bits per heavy atom. The third-order valence-corrected chi connectivity index (χ3v) is 2.41. The van der Waals surface area contributed by atoms with Crippen LogP contribution in [0.1, 0.15) is 22.8 Å². The van der Waals surface area contributed by atoms with E-state index in [0.29, 0.717) is 0 Å². The molecule has 0 saturated carbocycles. The Bertz CT molecular complexity index is 469. The summed E-state index contributed by atoms with van der Waals surface area (Å²) in [7, 11) is 0. The minimum atomic E-state index is -2.98. The molecule has 16 heavy (non-hydrogen) atoms. The number of ketones is 1. The van der Waals surface area contributed by atoms with Crippen molar-refractivity contribution >= 4 is 21.7 Å². The van der Waals surface area contributed by atoms with Gasteiger partial charge in [0.2, 0.25) is 0 Å². The second kappa shape index (κ2) is 5.03. The number of benzene rings is 1. The molecule has 0 amide bonds. The highest BCUT2D eigenvalue weighted by molar-refractivity contribution is 9.10. The maximum atomic E-state index is 12.0. The fraction of sp³-hybridized carbons (Fsp3) is 0.200. The maximum Gasteiger partial charge on any atom is 0.387 e. The van der Waals surface area contributed by atoms with Crippen LogP contribution in [0.5, 0.6) is 5.75 Å². The fourth-order valence-corrected chi connectivity index (χ4v) is 1.56. The van der Waals surface area contributed by atoms with E-state index in [2.05, 4.69) is 20.7 Å². The number of nitrogens with zero attached hydrogens (tertiary/aromatic N) is 1. The van der Waals surface area contributed by atoms with Crippen molar-refractivity contribution < 1.29 is 18.3 Å². The Labute approximate surface area is 98.8 Å². The van der Waals surface area contributed by atoms with Gasteiger partial charge < -0.3 is 4.74 Å². The van der Waals surface area contributed by atoms with Gasteiger partial charge in [-0.15, -0.1) is 0 Å². The van der Waals surface area contributed by atoms with Crippen molar-refractivity contribution in [3.05, 3.63) is 27.7 Å². The first-order valence-corrected chi connectivity index (χ1v) is 4.94. The average molecular weight is 290 g/mol. The van der Waals surface area contributed by atoms with Crippen LogP contribution in [0.3, 0.4) is 0 Å². The Morgan fingerprint density at radius 3 is 2.62 bits per heavy atom. The highest BCUT2D eigenvalue weighted by atomic mass is 79.9. The third-order valence-electron chi connectivity index (χ3n) is 1.79. The number of halogens is 3. The Hall–Kier alpha value is -1.48. The molecule has 0 aliphatic heterocycles. The van der Waals surface area contributed by atoms with E-state index in [1.807, 2.05) is 0 Å². The predicted molar refractivity (Wildman–Crippen MR) is 55.5 cm³/mol. The molecule has 0 bridgehead atoms. The summed E-state index contributed by atoms with van der Waals surface area (Å²) in [5.41, 5.74) is 0.169. The predicted octanol–water partition coefficient (Wildman–Crippen LogP) is 3.12. The minimum absolute atomic E-state index is 0.0568. The molecule has 1 aromatic rings. The van der Waals surface area contributed by atoms with E-state index in [4.69, 9.17) is 5.26 Å². The van der Waals surface area contributed by atoms with E-state index in [9.17, 15) is 13.6 Å². The van der Waals surface area contributed by atoms with E-state index in [1.54, 1.807) is 6.07 Å². The number of ether oxygens (including phenoxy) is 1. The van der Waals surface area contributed by atoms with E-state index < -0.39 is 6.61 Å². The summed E-state index contributed by atoms with van der Waals surface area (Å²) < 4.78 is 28.4.